The molecule has 23 heavy (non-hydrogen) atoms. The van der Waals surface area contributed by atoms with Crippen molar-refractivity contribution in [1.82, 2.24) is 10.3 Å². The van der Waals surface area contributed by atoms with Gasteiger partial charge in [0.25, 0.3) is 0 Å². The van der Waals surface area contributed by atoms with Crippen LogP contribution in [0.4, 0.5) is 5.69 Å². The van der Waals surface area contributed by atoms with E-state index in [1.54, 1.807) is 0 Å². The molecule has 0 saturated heterocycles. The zero-order valence-corrected chi connectivity index (χ0v) is 13.7. The van der Waals surface area contributed by atoms with E-state index in [9.17, 15) is 0 Å². The number of hydrogen-bond donors (Lipinski definition) is 2. The van der Waals surface area contributed by atoms with Gasteiger partial charge in [-0.2, -0.15) is 0 Å². The zero-order chi connectivity index (χ0) is 16.1. The molecule has 0 fully saturated rings. The second kappa shape index (κ2) is 7.25. The van der Waals surface area contributed by atoms with Gasteiger partial charge >= 0.3 is 0 Å². The van der Waals surface area contributed by atoms with Crippen LogP contribution >= 0.6 is 0 Å². The first kappa shape index (κ1) is 15.5. The number of anilines is 1. The maximum atomic E-state index is 4.81. The van der Waals surface area contributed by atoms with Gasteiger partial charge in [-0.05, 0) is 32.5 Å². The van der Waals surface area contributed by atoms with Crippen molar-refractivity contribution in [3.8, 4) is 11.3 Å². The Bertz CT molecular complexity index is 768. The van der Waals surface area contributed by atoms with Crippen molar-refractivity contribution in [3.05, 3.63) is 60.7 Å². The van der Waals surface area contributed by atoms with Crippen molar-refractivity contribution >= 4 is 16.6 Å². The Kier molecular flexibility index (Phi) is 4.89. The van der Waals surface area contributed by atoms with E-state index < -0.39 is 0 Å². The molecular weight excluding hydrogens is 282 g/mol. The second-order valence-electron chi connectivity index (χ2n) is 5.84. The third-order valence-corrected chi connectivity index (χ3v) is 4.17. The summed E-state index contributed by atoms with van der Waals surface area (Å²) in [5.74, 6) is 0. The third-order valence-electron chi connectivity index (χ3n) is 4.17. The Morgan fingerprint density at radius 1 is 1.00 bits per heavy atom. The Labute approximate surface area is 137 Å². The van der Waals surface area contributed by atoms with Gasteiger partial charge in [0.15, 0.2) is 0 Å². The highest BCUT2D eigenvalue weighted by Gasteiger charge is 2.07. The quantitative estimate of drug-likeness (QED) is 0.712. The van der Waals surface area contributed by atoms with Gasteiger partial charge in [-0.25, -0.2) is 4.98 Å². The summed E-state index contributed by atoms with van der Waals surface area (Å²) in [4.78, 5) is 4.81. The Hall–Kier alpha value is -2.39. The van der Waals surface area contributed by atoms with Crippen LogP contribution in [0.2, 0.25) is 0 Å². The predicted octanol–water partition coefficient (Wildman–Crippen LogP) is 4.31. The average molecular weight is 305 g/mol. The van der Waals surface area contributed by atoms with Gasteiger partial charge in [-0.15, -0.1) is 0 Å². The van der Waals surface area contributed by atoms with Crippen LogP contribution in [-0.2, 0) is 0 Å². The van der Waals surface area contributed by atoms with E-state index in [1.165, 1.54) is 5.39 Å². The number of fused-ring (bicyclic) bond motifs is 1. The van der Waals surface area contributed by atoms with Crippen molar-refractivity contribution in [2.45, 2.75) is 19.4 Å². The number of para-hydroxylation sites is 1. The van der Waals surface area contributed by atoms with Crippen LogP contribution in [0.25, 0.3) is 22.2 Å². The summed E-state index contributed by atoms with van der Waals surface area (Å²) in [7, 11) is 2.00. The van der Waals surface area contributed by atoms with Gasteiger partial charge in [0, 0.05) is 29.2 Å². The number of benzene rings is 2. The second-order valence-corrected chi connectivity index (χ2v) is 5.84. The minimum absolute atomic E-state index is 0.504. The van der Waals surface area contributed by atoms with Crippen LogP contribution in [0.3, 0.4) is 0 Å². The number of hydrogen-bond acceptors (Lipinski definition) is 3. The fraction of sp³-hybridized carbons (Fsp3) is 0.250. The van der Waals surface area contributed by atoms with E-state index in [2.05, 4.69) is 54.0 Å². The molecule has 0 aliphatic rings. The first-order chi connectivity index (χ1) is 11.3. The van der Waals surface area contributed by atoms with Gasteiger partial charge in [-0.1, -0.05) is 48.5 Å². The largest absolute Gasteiger partial charge is 0.384 e. The predicted molar refractivity (Wildman–Crippen MR) is 98.8 cm³/mol. The highest BCUT2D eigenvalue weighted by molar-refractivity contribution is 5.93. The van der Waals surface area contributed by atoms with Crippen LogP contribution in [0.1, 0.15) is 13.3 Å². The highest BCUT2D eigenvalue weighted by atomic mass is 14.9. The van der Waals surface area contributed by atoms with Gasteiger partial charge < -0.3 is 10.6 Å². The molecule has 1 aromatic heterocycles. The van der Waals surface area contributed by atoms with Crippen LogP contribution < -0.4 is 10.6 Å². The Morgan fingerprint density at radius 2 is 1.74 bits per heavy atom. The standard InChI is InChI=1S/C20H23N3/c1-15(21-2)12-13-22-20-14-19(16-8-4-3-5-9-16)23-18-11-7-6-10-17(18)20/h3-11,14-15,21H,12-13H2,1-2H3,(H,22,23). The van der Waals surface area contributed by atoms with E-state index in [-0.39, 0.29) is 0 Å². The van der Waals surface area contributed by atoms with E-state index in [0.717, 1.165) is 35.4 Å². The first-order valence-corrected chi connectivity index (χ1v) is 8.14. The summed E-state index contributed by atoms with van der Waals surface area (Å²) in [6.07, 6.45) is 1.08. The molecule has 3 aromatic rings. The lowest BCUT2D eigenvalue weighted by molar-refractivity contribution is 0.580. The Balaban J connectivity index is 1.94. The molecule has 0 radical (unpaired) electrons. The molecule has 3 rings (SSSR count). The summed E-state index contributed by atoms with van der Waals surface area (Å²) in [6.45, 7) is 3.13. The molecule has 0 aliphatic heterocycles. The third kappa shape index (κ3) is 3.69. The topological polar surface area (TPSA) is 37.0 Å². The minimum Gasteiger partial charge on any atom is -0.384 e. The van der Waals surface area contributed by atoms with Crippen molar-refractivity contribution in [1.29, 1.82) is 0 Å². The molecular formula is C20H23N3. The Morgan fingerprint density at radius 3 is 2.52 bits per heavy atom. The highest BCUT2D eigenvalue weighted by Crippen LogP contribution is 2.28. The van der Waals surface area contributed by atoms with Crippen LogP contribution in [-0.4, -0.2) is 24.6 Å². The normalized spacial score (nSPS) is 12.3. The summed E-state index contributed by atoms with van der Waals surface area (Å²) in [5.41, 5.74) is 4.33. The van der Waals surface area contributed by atoms with Crippen LogP contribution in [0.5, 0.6) is 0 Å². The summed E-state index contributed by atoms with van der Waals surface area (Å²) in [5, 5.41) is 8.03. The van der Waals surface area contributed by atoms with Gasteiger partial charge in [0.1, 0.15) is 0 Å². The molecule has 0 bridgehead atoms. The molecule has 3 nitrogen and oxygen atoms in total. The van der Waals surface area contributed by atoms with Crippen molar-refractivity contribution in [2.24, 2.45) is 0 Å². The number of pyridine rings is 1. The van der Waals surface area contributed by atoms with Crippen LogP contribution in [0, 0.1) is 0 Å². The maximum absolute atomic E-state index is 4.81. The van der Waals surface area contributed by atoms with E-state index in [0.29, 0.717) is 6.04 Å². The van der Waals surface area contributed by atoms with Crippen molar-refractivity contribution < 1.29 is 0 Å². The summed E-state index contributed by atoms with van der Waals surface area (Å²) >= 11 is 0. The van der Waals surface area contributed by atoms with E-state index in [1.807, 2.05) is 31.3 Å². The molecule has 3 heteroatoms. The lowest BCUT2D eigenvalue weighted by Gasteiger charge is -2.14. The monoisotopic (exact) mass is 305 g/mol. The fourth-order valence-corrected chi connectivity index (χ4v) is 2.65. The number of nitrogens with one attached hydrogen (secondary N) is 2. The average Bonchev–Trinajstić information content (AvgIpc) is 2.62. The van der Waals surface area contributed by atoms with E-state index in [4.69, 9.17) is 4.98 Å². The molecule has 1 unspecified atom stereocenters. The van der Waals surface area contributed by atoms with Gasteiger partial charge in [-0.3, -0.25) is 0 Å². The van der Waals surface area contributed by atoms with E-state index >= 15 is 0 Å². The zero-order valence-electron chi connectivity index (χ0n) is 13.7. The molecule has 0 spiro atoms. The molecule has 1 atom stereocenters. The molecule has 0 amide bonds. The lowest BCUT2D eigenvalue weighted by atomic mass is 10.1. The van der Waals surface area contributed by atoms with Gasteiger partial charge in [0.2, 0.25) is 0 Å². The molecule has 0 aliphatic carbocycles. The summed E-state index contributed by atoms with van der Waals surface area (Å²) < 4.78 is 0. The molecule has 118 valence electrons. The number of aromatic nitrogens is 1. The lowest BCUT2D eigenvalue weighted by Crippen LogP contribution is -2.24. The van der Waals surface area contributed by atoms with Crippen molar-refractivity contribution in [2.75, 3.05) is 18.9 Å². The fourth-order valence-electron chi connectivity index (χ4n) is 2.65. The summed E-state index contributed by atoms with van der Waals surface area (Å²) in [6, 6.07) is 21.3. The van der Waals surface area contributed by atoms with Crippen LogP contribution in [0.15, 0.2) is 60.7 Å². The first-order valence-electron chi connectivity index (χ1n) is 8.14. The van der Waals surface area contributed by atoms with Crippen molar-refractivity contribution in [3.63, 3.8) is 0 Å². The SMILES string of the molecule is CNC(C)CCNc1cc(-c2ccccc2)nc2ccccc12. The molecule has 2 aromatic carbocycles. The van der Waals surface area contributed by atoms with Gasteiger partial charge in [0.05, 0.1) is 11.2 Å². The minimum atomic E-state index is 0.504. The smallest absolute Gasteiger partial charge is 0.0730 e. The molecule has 1 heterocycles. The number of nitrogens with zero attached hydrogens (tertiary/aromatic N) is 1. The molecule has 2 N–H and O–H groups in total. The number of rotatable bonds is 6. The maximum Gasteiger partial charge on any atom is 0.0730 e. The molecule has 0 saturated carbocycles.